The molecule has 4 heteroatoms. The molecule has 0 bridgehead atoms. The second-order valence-electron chi connectivity index (χ2n) is 7.27. The minimum atomic E-state index is -1.63. The summed E-state index contributed by atoms with van der Waals surface area (Å²) in [5.74, 6) is 3.39. The predicted octanol–water partition coefficient (Wildman–Crippen LogP) is 3.27. The van der Waals surface area contributed by atoms with Gasteiger partial charge in [0, 0.05) is 0 Å². The molecule has 0 radical (unpaired) electrons. The fraction of sp³-hybridized carbons (Fsp3) is 0.846. The van der Waals surface area contributed by atoms with Gasteiger partial charge in [0.05, 0.1) is 6.61 Å². The smallest absolute Gasteiger partial charge is 0.185 e. The third-order valence-electron chi connectivity index (χ3n) is 2.77. The van der Waals surface area contributed by atoms with Crippen LogP contribution in [0.3, 0.4) is 0 Å². The average molecular weight is 271 g/mol. The molecule has 0 N–H and O–H groups in total. The molecule has 0 saturated carbocycles. The summed E-state index contributed by atoms with van der Waals surface area (Å²) < 4.78 is 11.9. The summed E-state index contributed by atoms with van der Waals surface area (Å²) in [5, 5.41) is 0. The van der Waals surface area contributed by atoms with Crippen molar-refractivity contribution >= 4 is 16.4 Å². The van der Waals surface area contributed by atoms with E-state index in [1.165, 1.54) is 0 Å². The van der Waals surface area contributed by atoms with Gasteiger partial charge in [0.15, 0.2) is 8.32 Å². The summed E-state index contributed by atoms with van der Waals surface area (Å²) in [5.41, 5.74) is 2.78. The molecule has 1 rings (SSSR count). The van der Waals surface area contributed by atoms with E-state index >= 15 is 0 Å². The normalized spacial score (nSPS) is 28.0. The molecule has 0 aliphatic carbocycles. The fourth-order valence-electron chi connectivity index (χ4n) is 1.57. The van der Waals surface area contributed by atoms with Crippen molar-refractivity contribution < 1.29 is 9.16 Å². The van der Waals surface area contributed by atoms with Crippen molar-refractivity contribution in [1.82, 2.24) is 0 Å². The lowest BCUT2D eigenvalue weighted by Crippen LogP contribution is -2.49. The summed E-state index contributed by atoms with van der Waals surface area (Å²) in [6, 6.07) is 0. The Hall–Kier alpha value is -0.0862. The van der Waals surface area contributed by atoms with E-state index in [0.29, 0.717) is 0 Å². The Morgan fingerprint density at radius 1 is 1.18 bits per heavy atom. The first-order valence-corrected chi connectivity index (χ1v) is 13.2. The van der Waals surface area contributed by atoms with Crippen LogP contribution >= 0.6 is 0 Å². The molecule has 0 aromatic rings. The molecule has 1 aliphatic rings. The first-order valence-electron chi connectivity index (χ1n) is 6.25. The van der Waals surface area contributed by atoms with E-state index < -0.39 is 22.0 Å². The molecule has 2 atom stereocenters. The van der Waals surface area contributed by atoms with Crippen LogP contribution in [-0.4, -0.2) is 34.2 Å². The minimum absolute atomic E-state index is 0.208. The van der Waals surface area contributed by atoms with Gasteiger partial charge in [0.2, 0.25) is 0 Å². The van der Waals surface area contributed by atoms with E-state index in [1.54, 1.807) is 0 Å². The fourth-order valence-corrected chi connectivity index (χ4v) is 3.67. The molecular weight excluding hydrogens is 244 g/mol. The highest BCUT2D eigenvalue weighted by Crippen LogP contribution is 2.41. The topological polar surface area (TPSA) is 21.8 Å². The molecule has 2 unspecified atom stereocenters. The maximum absolute atomic E-state index is 6.31. The second kappa shape index (κ2) is 4.23. The Morgan fingerprint density at radius 3 is 1.94 bits per heavy atom. The lowest BCUT2D eigenvalue weighted by Gasteiger charge is -2.35. The van der Waals surface area contributed by atoms with Gasteiger partial charge in [-0.25, -0.2) is 0 Å². The van der Waals surface area contributed by atoms with Gasteiger partial charge in [-0.1, -0.05) is 25.6 Å². The highest BCUT2D eigenvalue weighted by Gasteiger charge is 2.57. The van der Waals surface area contributed by atoms with Crippen LogP contribution in [-0.2, 0) is 9.16 Å². The van der Waals surface area contributed by atoms with Crippen LogP contribution in [0.4, 0.5) is 0 Å². The maximum Gasteiger partial charge on any atom is 0.185 e. The average Bonchev–Trinajstić information content (AvgIpc) is 2.77. The van der Waals surface area contributed by atoms with E-state index in [9.17, 15) is 0 Å². The zero-order valence-corrected chi connectivity index (χ0v) is 14.5. The lowest BCUT2D eigenvalue weighted by atomic mass is 9.92. The quantitative estimate of drug-likeness (QED) is 0.446. The molecule has 1 heterocycles. The van der Waals surface area contributed by atoms with Crippen molar-refractivity contribution in [3.8, 4) is 11.5 Å². The van der Waals surface area contributed by atoms with Crippen molar-refractivity contribution in [3.63, 3.8) is 0 Å². The van der Waals surface area contributed by atoms with E-state index in [4.69, 9.17) is 9.16 Å². The standard InChI is InChI=1S/C13H26O2Si2/c1-12(13(2)11-14-13,15-17(6,7)8)9-10-16(3,4)5/h11H2,1-8H3. The van der Waals surface area contributed by atoms with Crippen LogP contribution < -0.4 is 0 Å². The number of ether oxygens (including phenoxy) is 1. The third-order valence-corrected chi connectivity index (χ3v) is 4.67. The monoisotopic (exact) mass is 270 g/mol. The van der Waals surface area contributed by atoms with Crippen molar-refractivity contribution in [2.75, 3.05) is 6.61 Å². The van der Waals surface area contributed by atoms with Gasteiger partial charge in [-0.3, -0.25) is 0 Å². The van der Waals surface area contributed by atoms with Crippen molar-refractivity contribution in [3.05, 3.63) is 0 Å². The zero-order valence-electron chi connectivity index (χ0n) is 12.5. The molecule has 17 heavy (non-hydrogen) atoms. The summed E-state index contributed by atoms with van der Waals surface area (Å²) >= 11 is 0. The van der Waals surface area contributed by atoms with Gasteiger partial charge >= 0.3 is 0 Å². The summed E-state index contributed by atoms with van der Waals surface area (Å²) in [6.45, 7) is 18.3. The number of hydrogen-bond donors (Lipinski definition) is 0. The largest absolute Gasteiger partial charge is 0.399 e. The van der Waals surface area contributed by atoms with Crippen LogP contribution in [0.2, 0.25) is 39.3 Å². The molecule has 0 amide bonds. The Morgan fingerprint density at radius 2 is 1.65 bits per heavy atom. The molecule has 1 fully saturated rings. The molecule has 0 aromatic carbocycles. The Balaban J connectivity index is 2.99. The first-order chi connectivity index (χ1) is 7.37. The highest BCUT2D eigenvalue weighted by atomic mass is 28.4. The highest BCUT2D eigenvalue weighted by molar-refractivity contribution is 6.83. The van der Waals surface area contributed by atoms with E-state index in [0.717, 1.165) is 6.61 Å². The molecule has 1 saturated heterocycles. The predicted molar refractivity (Wildman–Crippen MR) is 78.3 cm³/mol. The van der Waals surface area contributed by atoms with Gasteiger partial charge in [-0.2, -0.15) is 0 Å². The molecule has 2 nitrogen and oxygen atoms in total. The van der Waals surface area contributed by atoms with Gasteiger partial charge in [-0.05, 0) is 33.5 Å². The minimum Gasteiger partial charge on any atom is -0.399 e. The molecule has 0 aromatic heterocycles. The summed E-state index contributed by atoms with van der Waals surface area (Å²) in [7, 11) is -3.00. The van der Waals surface area contributed by atoms with Crippen molar-refractivity contribution in [2.24, 2.45) is 0 Å². The van der Waals surface area contributed by atoms with Crippen molar-refractivity contribution in [2.45, 2.75) is 64.3 Å². The van der Waals surface area contributed by atoms with E-state index in [2.05, 4.69) is 64.6 Å². The van der Waals surface area contributed by atoms with E-state index in [-0.39, 0.29) is 5.60 Å². The molecular formula is C13H26O2Si2. The second-order valence-corrected chi connectivity index (χ2v) is 16.4. The first kappa shape index (κ1) is 15.0. The molecule has 98 valence electrons. The van der Waals surface area contributed by atoms with Crippen LogP contribution in [0.5, 0.6) is 0 Å². The summed E-state index contributed by atoms with van der Waals surface area (Å²) in [6.07, 6.45) is 0. The Labute approximate surface area is 108 Å². The Kier molecular flexibility index (Phi) is 3.73. The number of epoxide rings is 1. The third kappa shape index (κ3) is 4.25. The lowest BCUT2D eigenvalue weighted by molar-refractivity contribution is 0.0549. The maximum atomic E-state index is 6.31. The van der Waals surface area contributed by atoms with E-state index in [1.807, 2.05) is 0 Å². The van der Waals surface area contributed by atoms with Gasteiger partial charge in [0.1, 0.15) is 19.3 Å². The van der Waals surface area contributed by atoms with Crippen LogP contribution in [0.1, 0.15) is 13.8 Å². The van der Waals surface area contributed by atoms with Crippen LogP contribution in [0.15, 0.2) is 0 Å². The Bertz CT molecular complexity index is 350. The summed E-state index contributed by atoms with van der Waals surface area (Å²) in [4.78, 5) is 0. The SMILES string of the molecule is CC(C#C[Si](C)(C)C)(O[Si](C)(C)C)C1(C)CO1. The molecule has 1 aliphatic heterocycles. The van der Waals surface area contributed by atoms with Crippen LogP contribution in [0, 0.1) is 11.5 Å². The van der Waals surface area contributed by atoms with Crippen molar-refractivity contribution in [1.29, 1.82) is 0 Å². The van der Waals surface area contributed by atoms with Crippen LogP contribution in [0.25, 0.3) is 0 Å². The molecule has 0 spiro atoms. The van der Waals surface area contributed by atoms with Gasteiger partial charge in [-0.15, -0.1) is 5.54 Å². The zero-order chi connectivity index (χ0) is 13.5. The number of hydrogen-bond acceptors (Lipinski definition) is 2. The van der Waals surface area contributed by atoms with Gasteiger partial charge in [0.25, 0.3) is 0 Å². The number of rotatable bonds is 3. The van der Waals surface area contributed by atoms with Gasteiger partial charge < -0.3 is 9.16 Å².